The van der Waals surface area contributed by atoms with Crippen molar-refractivity contribution in [3.8, 4) is 0 Å². The van der Waals surface area contributed by atoms with Crippen LogP contribution in [0.1, 0.15) is 37.6 Å². The number of rotatable bonds is 4. The molecular weight excluding hydrogens is 224 g/mol. The van der Waals surface area contributed by atoms with E-state index in [0.29, 0.717) is 5.92 Å². The maximum atomic E-state index is 12.1. The molecule has 1 amide bonds. The quantitative estimate of drug-likeness (QED) is 0.851. The third-order valence-electron chi connectivity index (χ3n) is 3.02. The van der Waals surface area contributed by atoms with Crippen molar-refractivity contribution in [2.24, 2.45) is 5.92 Å². The summed E-state index contributed by atoms with van der Waals surface area (Å²) in [5.41, 5.74) is 1.78. The fourth-order valence-electron chi connectivity index (χ4n) is 2.27. The van der Waals surface area contributed by atoms with Crippen molar-refractivity contribution in [1.82, 2.24) is 10.3 Å². The van der Waals surface area contributed by atoms with Crippen molar-refractivity contribution in [2.45, 2.75) is 33.2 Å². The normalized spacial score (nSPS) is 12.9. The smallest absolute Gasteiger partial charge is 0.251 e. The van der Waals surface area contributed by atoms with Gasteiger partial charge in [-0.3, -0.25) is 4.79 Å². The molecule has 3 heteroatoms. The summed E-state index contributed by atoms with van der Waals surface area (Å²) in [4.78, 5) is 15.2. The summed E-state index contributed by atoms with van der Waals surface area (Å²) in [5.74, 6) is 0.596. The summed E-state index contributed by atoms with van der Waals surface area (Å²) in [6, 6.07) is 7.90. The van der Waals surface area contributed by atoms with Crippen LogP contribution in [-0.4, -0.2) is 16.9 Å². The van der Waals surface area contributed by atoms with E-state index in [9.17, 15) is 4.79 Å². The Labute approximate surface area is 108 Å². The van der Waals surface area contributed by atoms with Gasteiger partial charge in [0.15, 0.2) is 0 Å². The molecule has 1 aromatic heterocycles. The molecule has 0 fully saturated rings. The molecule has 0 saturated heterocycles. The summed E-state index contributed by atoms with van der Waals surface area (Å²) in [6.45, 7) is 6.37. The van der Waals surface area contributed by atoms with Crippen LogP contribution in [0.3, 0.4) is 0 Å². The zero-order valence-corrected chi connectivity index (χ0v) is 11.2. The SMILES string of the molecule is CC(C)CC(C)NC(=O)c1ccc2[nH]ccc2c1. The van der Waals surface area contributed by atoms with E-state index in [1.807, 2.05) is 37.4 Å². The Balaban J connectivity index is 2.08. The van der Waals surface area contributed by atoms with Gasteiger partial charge in [-0.15, -0.1) is 0 Å². The molecule has 0 radical (unpaired) electrons. The Kier molecular flexibility index (Phi) is 3.70. The van der Waals surface area contributed by atoms with Crippen molar-refractivity contribution < 1.29 is 4.79 Å². The fraction of sp³-hybridized carbons (Fsp3) is 0.400. The molecular formula is C15H20N2O. The molecule has 0 spiro atoms. The van der Waals surface area contributed by atoms with E-state index in [1.54, 1.807) is 0 Å². The highest BCUT2D eigenvalue weighted by atomic mass is 16.1. The van der Waals surface area contributed by atoms with Gasteiger partial charge in [-0.1, -0.05) is 13.8 Å². The highest BCUT2D eigenvalue weighted by Crippen LogP contribution is 2.14. The molecule has 0 aliphatic rings. The first-order valence-corrected chi connectivity index (χ1v) is 6.44. The highest BCUT2D eigenvalue weighted by molar-refractivity contribution is 5.98. The number of fused-ring (bicyclic) bond motifs is 1. The lowest BCUT2D eigenvalue weighted by Crippen LogP contribution is -2.33. The lowest BCUT2D eigenvalue weighted by Gasteiger charge is -2.15. The van der Waals surface area contributed by atoms with Crippen LogP contribution in [0.15, 0.2) is 30.5 Å². The van der Waals surface area contributed by atoms with Crippen LogP contribution < -0.4 is 5.32 Å². The third-order valence-corrected chi connectivity index (χ3v) is 3.02. The first kappa shape index (κ1) is 12.7. The molecule has 0 saturated carbocycles. The molecule has 1 heterocycles. The fourth-order valence-corrected chi connectivity index (χ4v) is 2.27. The van der Waals surface area contributed by atoms with E-state index in [4.69, 9.17) is 0 Å². The molecule has 0 aliphatic heterocycles. The maximum absolute atomic E-state index is 12.1. The highest BCUT2D eigenvalue weighted by Gasteiger charge is 2.11. The number of benzene rings is 1. The Morgan fingerprint density at radius 3 is 2.78 bits per heavy atom. The number of carbonyl (C=O) groups is 1. The minimum Gasteiger partial charge on any atom is -0.361 e. The molecule has 1 unspecified atom stereocenters. The standard InChI is InChI=1S/C15H20N2O/c1-10(2)8-11(3)17-15(18)13-4-5-14-12(9-13)6-7-16-14/h4-7,9-11,16H,8H2,1-3H3,(H,17,18). The second-order valence-electron chi connectivity index (χ2n) is 5.28. The number of aromatic nitrogens is 1. The van der Waals surface area contributed by atoms with Gasteiger partial charge in [0.2, 0.25) is 0 Å². The number of H-pyrrole nitrogens is 1. The van der Waals surface area contributed by atoms with Crippen LogP contribution in [0, 0.1) is 5.92 Å². The van der Waals surface area contributed by atoms with Crippen molar-refractivity contribution in [3.05, 3.63) is 36.0 Å². The predicted octanol–water partition coefficient (Wildman–Crippen LogP) is 3.33. The molecule has 2 aromatic rings. The van der Waals surface area contributed by atoms with Crippen LogP contribution in [0.5, 0.6) is 0 Å². The van der Waals surface area contributed by atoms with E-state index >= 15 is 0 Å². The van der Waals surface area contributed by atoms with Gasteiger partial charge in [0.1, 0.15) is 0 Å². The van der Waals surface area contributed by atoms with Gasteiger partial charge in [0.05, 0.1) is 0 Å². The minimum atomic E-state index is 0.00579. The second kappa shape index (κ2) is 5.25. The van der Waals surface area contributed by atoms with Gasteiger partial charge in [-0.05, 0) is 43.5 Å². The summed E-state index contributed by atoms with van der Waals surface area (Å²) >= 11 is 0. The summed E-state index contributed by atoms with van der Waals surface area (Å²) < 4.78 is 0. The summed E-state index contributed by atoms with van der Waals surface area (Å²) in [5, 5.41) is 4.10. The molecule has 3 nitrogen and oxygen atoms in total. The van der Waals surface area contributed by atoms with Crippen LogP contribution >= 0.6 is 0 Å². The Bertz CT molecular complexity index is 542. The number of hydrogen-bond acceptors (Lipinski definition) is 1. The van der Waals surface area contributed by atoms with Crippen LogP contribution in [0.25, 0.3) is 10.9 Å². The molecule has 1 aromatic carbocycles. The third kappa shape index (κ3) is 2.92. The van der Waals surface area contributed by atoms with Gasteiger partial charge < -0.3 is 10.3 Å². The first-order chi connectivity index (χ1) is 8.56. The number of amides is 1. The van der Waals surface area contributed by atoms with Crippen LogP contribution in [-0.2, 0) is 0 Å². The number of aromatic amines is 1. The zero-order valence-electron chi connectivity index (χ0n) is 11.2. The minimum absolute atomic E-state index is 0.00579. The van der Waals surface area contributed by atoms with Crippen molar-refractivity contribution in [1.29, 1.82) is 0 Å². The number of nitrogens with one attached hydrogen (secondary N) is 2. The summed E-state index contributed by atoms with van der Waals surface area (Å²) in [6.07, 6.45) is 2.88. The van der Waals surface area contributed by atoms with Crippen molar-refractivity contribution in [3.63, 3.8) is 0 Å². The van der Waals surface area contributed by atoms with Crippen LogP contribution in [0.2, 0.25) is 0 Å². The second-order valence-corrected chi connectivity index (χ2v) is 5.28. The van der Waals surface area contributed by atoms with Gasteiger partial charge >= 0.3 is 0 Å². The zero-order chi connectivity index (χ0) is 13.1. The number of carbonyl (C=O) groups excluding carboxylic acids is 1. The summed E-state index contributed by atoms with van der Waals surface area (Å²) in [7, 11) is 0. The number of hydrogen-bond donors (Lipinski definition) is 2. The Hall–Kier alpha value is -1.77. The lowest BCUT2D eigenvalue weighted by atomic mass is 10.0. The molecule has 96 valence electrons. The lowest BCUT2D eigenvalue weighted by molar-refractivity contribution is 0.0936. The molecule has 0 bridgehead atoms. The van der Waals surface area contributed by atoms with Crippen molar-refractivity contribution >= 4 is 16.8 Å². The van der Waals surface area contributed by atoms with E-state index in [2.05, 4.69) is 24.1 Å². The van der Waals surface area contributed by atoms with E-state index < -0.39 is 0 Å². The van der Waals surface area contributed by atoms with E-state index in [-0.39, 0.29) is 11.9 Å². The molecule has 0 aliphatic carbocycles. The molecule has 18 heavy (non-hydrogen) atoms. The monoisotopic (exact) mass is 244 g/mol. The first-order valence-electron chi connectivity index (χ1n) is 6.44. The van der Waals surface area contributed by atoms with Crippen LogP contribution in [0.4, 0.5) is 0 Å². The topological polar surface area (TPSA) is 44.9 Å². The molecule has 1 atom stereocenters. The van der Waals surface area contributed by atoms with E-state index in [1.165, 1.54) is 0 Å². The Morgan fingerprint density at radius 1 is 1.28 bits per heavy atom. The average molecular weight is 244 g/mol. The Morgan fingerprint density at radius 2 is 2.06 bits per heavy atom. The van der Waals surface area contributed by atoms with Gasteiger partial charge in [-0.25, -0.2) is 0 Å². The van der Waals surface area contributed by atoms with Gasteiger partial charge in [-0.2, -0.15) is 0 Å². The van der Waals surface area contributed by atoms with Crippen molar-refractivity contribution in [2.75, 3.05) is 0 Å². The molecule has 2 N–H and O–H groups in total. The maximum Gasteiger partial charge on any atom is 0.251 e. The van der Waals surface area contributed by atoms with Gasteiger partial charge in [0, 0.05) is 28.7 Å². The molecule has 2 rings (SSSR count). The van der Waals surface area contributed by atoms with Gasteiger partial charge in [0.25, 0.3) is 5.91 Å². The average Bonchev–Trinajstić information content (AvgIpc) is 2.74. The predicted molar refractivity (Wildman–Crippen MR) is 74.7 cm³/mol. The largest absolute Gasteiger partial charge is 0.361 e. The van der Waals surface area contributed by atoms with E-state index in [0.717, 1.165) is 22.9 Å².